The number of carboxylic acids is 1. The summed E-state index contributed by atoms with van der Waals surface area (Å²) in [4.78, 5) is 12.3. The Bertz CT molecular complexity index is 184. The highest BCUT2D eigenvalue weighted by molar-refractivity contribution is 5.69. The highest BCUT2D eigenvalue weighted by Crippen LogP contribution is 2.07. The maximum Gasteiger partial charge on any atom is 0.317 e. The highest BCUT2D eigenvalue weighted by atomic mass is 16.4. The third-order valence-electron chi connectivity index (χ3n) is 1.59. The van der Waals surface area contributed by atoms with E-state index < -0.39 is 11.6 Å². The minimum Gasteiger partial charge on any atom is -0.480 e. The van der Waals surface area contributed by atoms with Crippen molar-refractivity contribution >= 4 is 5.97 Å². The Morgan fingerprint density at radius 1 is 1.43 bits per heavy atom. The van der Waals surface area contributed by atoms with Gasteiger partial charge in [0, 0.05) is 13.1 Å². The molecule has 0 aliphatic heterocycles. The summed E-state index contributed by atoms with van der Waals surface area (Å²) < 4.78 is 0. The van der Waals surface area contributed by atoms with Crippen molar-refractivity contribution in [3.63, 3.8) is 0 Å². The zero-order chi connectivity index (χ0) is 11.4. The molecule has 4 heteroatoms. The van der Waals surface area contributed by atoms with E-state index in [4.69, 9.17) is 5.11 Å². The van der Waals surface area contributed by atoms with Crippen molar-refractivity contribution in [3.05, 3.63) is 0 Å². The third-order valence-corrected chi connectivity index (χ3v) is 1.59. The standard InChI is InChI=1S/C10H21NO3/c1-8(2)5-11(6-9(12)13)7-10(3,4)14/h8,14H,5-7H2,1-4H3,(H,12,13). The van der Waals surface area contributed by atoms with Gasteiger partial charge in [-0.2, -0.15) is 0 Å². The lowest BCUT2D eigenvalue weighted by Crippen LogP contribution is -2.42. The van der Waals surface area contributed by atoms with Crippen LogP contribution in [0.3, 0.4) is 0 Å². The first kappa shape index (κ1) is 13.4. The van der Waals surface area contributed by atoms with E-state index in [1.165, 1.54) is 0 Å². The molecule has 0 aromatic heterocycles. The van der Waals surface area contributed by atoms with Crippen LogP contribution in [0.5, 0.6) is 0 Å². The molecule has 2 N–H and O–H groups in total. The first-order chi connectivity index (χ1) is 6.20. The van der Waals surface area contributed by atoms with Gasteiger partial charge in [0.05, 0.1) is 12.1 Å². The normalized spacial score (nSPS) is 12.5. The van der Waals surface area contributed by atoms with Crippen molar-refractivity contribution in [2.75, 3.05) is 19.6 Å². The molecule has 0 saturated carbocycles. The predicted molar refractivity (Wildman–Crippen MR) is 55.2 cm³/mol. The van der Waals surface area contributed by atoms with Crippen LogP contribution in [0.25, 0.3) is 0 Å². The van der Waals surface area contributed by atoms with E-state index >= 15 is 0 Å². The number of carbonyl (C=O) groups is 1. The minimum atomic E-state index is -0.852. The Hall–Kier alpha value is -0.610. The molecule has 4 nitrogen and oxygen atoms in total. The fraction of sp³-hybridized carbons (Fsp3) is 0.900. The monoisotopic (exact) mass is 203 g/mol. The van der Waals surface area contributed by atoms with Crippen molar-refractivity contribution in [1.82, 2.24) is 4.90 Å². The fourth-order valence-electron chi connectivity index (χ4n) is 1.44. The Kier molecular flexibility index (Phi) is 5.08. The summed E-state index contributed by atoms with van der Waals surface area (Å²) in [6.45, 7) is 8.48. The van der Waals surface area contributed by atoms with E-state index in [0.717, 1.165) is 0 Å². The van der Waals surface area contributed by atoms with Crippen LogP contribution >= 0.6 is 0 Å². The molecule has 0 saturated heterocycles. The van der Waals surface area contributed by atoms with E-state index in [0.29, 0.717) is 19.0 Å². The number of hydrogen-bond donors (Lipinski definition) is 2. The molecule has 0 spiro atoms. The molecule has 0 aromatic carbocycles. The first-order valence-electron chi connectivity index (χ1n) is 4.87. The lowest BCUT2D eigenvalue weighted by molar-refractivity contribution is -0.139. The van der Waals surface area contributed by atoms with Crippen LogP contribution in [0.15, 0.2) is 0 Å². The van der Waals surface area contributed by atoms with E-state index in [2.05, 4.69) is 0 Å². The lowest BCUT2D eigenvalue weighted by Gasteiger charge is -2.28. The van der Waals surface area contributed by atoms with E-state index in [1.807, 2.05) is 13.8 Å². The van der Waals surface area contributed by atoms with Crippen LogP contribution in [0.4, 0.5) is 0 Å². The average molecular weight is 203 g/mol. The van der Waals surface area contributed by atoms with Crippen LogP contribution < -0.4 is 0 Å². The van der Waals surface area contributed by atoms with Crippen molar-refractivity contribution in [2.24, 2.45) is 5.92 Å². The van der Waals surface area contributed by atoms with Gasteiger partial charge >= 0.3 is 5.97 Å². The smallest absolute Gasteiger partial charge is 0.317 e. The molecule has 0 unspecified atom stereocenters. The second-order valence-corrected chi connectivity index (χ2v) is 4.77. The largest absolute Gasteiger partial charge is 0.480 e. The Morgan fingerprint density at radius 2 is 1.93 bits per heavy atom. The molecule has 0 heterocycles. The lowest BCUT2D eigenvalue weighted by atomic mass is 10.1. The summed E-state index contributed by atoms with van der Waals surface area (Å²) in [5, 5.41) is 18.2. The maximum atomic E-state index is 10.6. The van der Waals surface area contributed by atoms with Crippen LogP contribution in [-0.4, -0.2) is 46.3 Å². The van der Waals surface area contributed by atoms with E-state index in [-0.39, 0.29) is 6.54 Å². The zero-order valence-electron chi connectivity index (χ0n) is 9.45. The molecule has 0 rings (SSSR count). The van der Waals surface area contributed by atoms with Gasteiger partial charge in [0.1, 0.15) is 0 Å². The van der Waals surface area contributed by atoms with E-state index in [1.54, 1.807) is 18.7 Å². The molecule has 0 bridgehead atoms. The molecule has 0 aromatic rings. The van der Waals surface area contributed by atoms with Gasteiger partial charge in [0.15, 0.2) is 0 Å². The van der Waals surface area contributed by atoms with Crippen LogP contribution in [-0.2, 0) is 4.79 Å². The molecule has 14 heavy (non-hydrogen) atoms. The number of nitrogens with zero attached hydrogens (tertiary/aromatic N) is 1. The summed E-state index contributed by atoms with van der Waals surface area (Å²) in [7, 11) is 0. The summed E-state index contributed by atoms with van der Waals surface area (Å²) in [5.74, 6) is -0.452. The molecule has 0 atom stereocenters. The van der Waals surface area contributed by atoms with Crippen LogP contribution in [0, 0.1) is 5.92 Å². The second-order valence-electron chi connectivity index (χ2n) is 4.77. The molecule has 0 fully saturated rings. The molecule has 0 radical (unpaired) electrons. The Balaban J connectivity index is 4.17. The Labute approximate surface area is 85.5 Å². The summed E-state index contributed by atoms with van der Waals surface area (Å²) >= 11 is 0. The average Bonchev–Trinajstić information content (AvgIpc) is 1.77. The first-order valence-corrected chi connectivity index (χ1v) is 4.87. The number of aliphatic hydroxyl groups is 1. The number of aliphatic carboxylic acids is 1. The van der Waals surface area contributed by atoms with E-state index in [9.17, 15) is 9.90 Å². The van der Waals surface area contributed by atoms with Crippen LogP contribution in [0.1, 0.15) is 27.7 Å². The number of rotatable bonds is 6. The minimum absolute atomic E-state index is 0.0117. The predicted octanol–water partition coefficient (Wildman–Crippen LogP) is 0.800. The summed E-state index contributed by atoms with van der Waals surface area (Å²) in [5.41, 5.74) is -0.843. The SMILES string of the molecule is CC(C)CN(CC(=O)O)CC(C)(C)O. The second kappa shape index (κ2) is 5.32. The van der Waals surface area contributed by atoms with Gasteiger partial charge in [0.2, 0.25) is 0 Å². The number of carboxylic acid groups (broad SMARTS) is 1. The third kappa shape index (κ3) is 8.01. The molecule has 0 amide bonds. The van der Waals surface area contributed by atoms with Crippen molar-refractivity contribution in [2.45, 2.75) is 33.3 Å². The van der Waals surface area contributed by atoms with Crippen molar-refractivity contribution < 1.29 is 15.0 Å². The molecule has 0 aliphatic carbocycles. The summed E-state index contributed by atoms with van der Waals surface area (Å²) in [6, 6.07) is 0. The van der Waals surface area contributed by atoms with Gasteiger partial charge in [-0.15, -0.1) is 0 Å². The summed E-state index contributed by atoms with van der Waals surface area (Å²) in [6.07, 6.45) is 0. The maximum absolute atomic E-state index is 10.6. The molecule has 84 valence electrons. The fourth-order valence-corrected chi connectivity index (χ4v) is 1.44. The number of hydrogen-bond acceptors (Lipinski definition) is 3. The molecular weight excluding hydrogens is 182 g/mol. The van der Waals surface area contributed by atoms with Gasteiger partial charge < -0.3 is 10.2 Å². The van der Waals surface area contributed by atoms with Gasteiger partial charge in [0.25, 0.3) is 0 Å². The van der Waals surface area contributed by atoms with Gasteiger partial charge in [-0.1, -0.05) is 13.8 Å². The van der Waals surface area contributed by atoms with Gasteiger partial charge in [-0.3, -0.25) is 9.69 Å². The zero-order valence-corrected chi connectivity index (χ0v) is 9.45. The van der Waals surface area contributed by atoms with Crippen molar-refractivity contribution in [1.29, 1.82) is 0 Å². The van der Waals surface area contributed by atoms with Gasteiger partial charge in [-0.05, 0) is 19.8 Å². The quantitative estimate of drug-likeness (QED) is 0.670. The molecule has 0 aliphatic rings. The van der Waals surface area contributed by atoms with Crippen molar-refractivity contribution in [3.8, 4) is 0 Å². The highest BCUT2D eigenvalue weighted by Gasteiger charge is 2.20. The Morgan fingerprint density at radius 3 is 2.21 bits per heavy atom. The molecular formula is C10H21NO3. The topological polar surface area (TPSA) is 60.8 Å². The van der Waals surface area contributed by atoms with Crippen LogP contribution in [0.2, 0.25) is 0 Å². The van der Waals surface area contributed by atoms with Gasteiger partial charge in [-0.25, -0.2) is 0 Å².